The monoisotopic (exact) mass is 279 g/mol. The maximum atomic E-state index is 11.8. The van der Waals surface area contributed by atoms with E-state index in [9.17, 15) is 14.7 Å². The predicted molar refractivity (Wildman–Crippen MR) is 72.2 cm³/mol. The number of hydrogen-bond donors (Lipinski definition) is 1. The van der Waals surface area contributed by atoms with Gasteiger partial charge in [0.2, 0.25) is 0 Å². The largest absolute Gasteiger partial charge is 0.507 e. The van der Waals surface area contributed by atoms with Crippen LogP contribution < -0.4 is 4.90 Å². The molecule has 0 aliphatic carbocycles. The Morgan fingerprint density at radius 3 is 2.25 bits per heavy atom. The lowest BCUT2D eigenvalue weighted by Crippen LogP contribution is -2.19. The molecule has 0 bridgehead atoms. The van der Waals surface area contributed by atoms with Crippen molar-refractivity contribution in [1.29, 1.82) is 0 Å². The van der Waals surface area contributed by atoms with Crippen LogP contribution in [0.5, 0.6) is 5.75 Å². The number of phenols is 1. The highest BCUT2D eigenvalue weighted by atomic mass is 16.5. The van der Waals surface area contributed by atoms with Gasteiger partial charge in [-0.1, -0.05) is 0 Å². The first kappa shape index (κ1) is 14.2. The number of esters is 2. The van der Waals surface area contributed by atoms with E-state index in [-0.39, 0.29) is 16.9 Å². The Morgan fingerprint density at radius 2 is 1.70 bits per heavy atom. The Kier molecular flexibility index (Phi) is 4.12. The number of methoxy groups -OCH3 is 2. The second-order valence-corrected chi connectivity index (χ2v) is 4.56. The van der Waals surface area contributed by atoms with E-state index < -0.39 is 11.9 Å². The van der Waals surface area contributed by atoms with Gasteiger partial charge in [-0.05, 0) is 18.9 Å². The second kappa shape index (κ2) is 5.81. The Hall–Kier alpha value is -2.24. The highest BCUT2D eigenvalue weighted by Crippen LogP contribution is 2.31. The van der Waals surface area contributed by atoms with E-state index in [4.69, 9.17) is 0 Å². The Balaban J connectivity index is 2.52. The number of benzene rings is 1. The zero-order valence-corrected chi connectivity index (χ0v) is 11.5. The maximum absolute atomic E-state index is 11.8. The number of ether oxygens (including phenoxy) is 2. The van der Waals surface area contributed by atoms with Crippen molar-refractivity contribution in [2.75, 3.05) is 32.2 Å². The number of anilines is 1. The number of nitrogens with zero attached hydrogens (tertiary/aromatic N) is 1. The van der Waals surface area contributed by atoms with Gasteiger partial charge < -0.3 is 19.5 Å². The normalized spacial score (nSPS) is 14.2. The lowest BCUT2D eigenvalue weighted by atomic mass is 10.0. The van der Waals surface area contributed by atoms with Crippen LogP contribution >= 0.6 is 0 Å². The fraction of sp³-hybridized carbons (Fsp3) is 0.429. The lowest BCUT2D eigenvalue weighted by molar-refractivity contribution is 0.0552. The summed E-state index contributed by atoms with van der Waals surface area (Å²) in [5, 5.41) is 10.0. The van der Waals surface area contributed by atoms with Gasteiger partial charge in [-0.2, -0.15) is 0 Å². The van der Waals surface area contributed by atoms with Crippen molar-refractivity contribution in [1.82, 2.24) is 0 Å². The summed E-state index contributed by atoms with van der Waals surface area (Å²) >= 11 is 0. The number of aromatic hydroxyl groups is 1. The molecule has 0 atom stereocenters. The highest BCUT2D eigenvalue weighted by Gasteiger charge is 2.25. The van der Waals surface area contributed by atoms with Gasteiger partial charge in [-0.3, -0.25) is 0 Å². The fourth-order valence-electron chi connectivity index (χ4n) is 2.36. The molecular formula is C14H17NO5. The van der Waals surface area contributed by atoms with E-state index in [1.54, 1.807) is 6.07 Å². The molecule has 1 aromatic rings. The molecule has 1 aromatic carbocycles. The van der Waals surface area contributed by atoms with Crippen molar-refractivity contribution in [3.05, 3.63) is 23.3 Å². The first-order chi connectivity index (χ1) is 9.58. The molecule has 1 aliphatic rings. The van der Waals surface area contributed by atoms with Crippen molar-refractivity contribution >= 4 is 17.6 Å². The smallest absolute Gasteiger partial charge is 0.342 e. The predicted octanol–water partition coefficient (Wildman–Crippen LogP) is 1.57. The average molecular weight is 279 g/mol. The van der Waals surface area contributed by atoms with Gasteiger partial charge in [-0.25, -0.2) is 9.59 Å². The van der Waals surface area contributed by atoms with Crippen LogP contribution in [0.25, 0.3) is 0 Å². The summed E-state index contributed by atoms with van der Waals surface area (Å²) < 4.78 is 9.27. The standard InChI is InChI=1S/C14H17NO5/c1-19-13(17)10-7-9(15-5-3-4-6-15)8-11(16)12(10)14(18)20-2/h7-8,16H,3-6H2,1-2H3. The average Bonchev–Trinajstić information content (AvgIpc) is 2.99. The van der Waals surface area contributed by atoms with E-state index in [0.717, 1.165) is 25.9 Å². The molecule has 1 aliphatic heterocycles. The molecule has 0 amide bonds. The topological polar surface area (TPSA) is 76.1 Å². The number of carbonyl (C=O) groups excluding carboxylic acids is 2. The number of phenolic OH excluding ortho intramolecular Hbond substituents is 1. The quantitative estimate of drug-likeness (QED) is 0.846. The molecule has 0 saturated carbocycles. The van der Waals surface area contributed by atoms with Gasteiger partial charge in [-0.15, -0.1) is 0 Å². The van der Waals surface area contributed by atoms with Gasteiger partial charge in [0.1, 0.15) is 11.3 Å². The summed E-state index contributed by atoms with van der Waals surface area (Å²) in [6.07, 6.45) is 2.13. The summed E-state index contributed by atoms with van der Waals surface area (Å²) in [6.45, 7) is 1.72. The van der Waals surface area contributed by atoms with Crippen LogP contribution in [0.4, 0.5) is 5.69 Å². The molecule has 1 saturated heterocycles. The maximum Gasteiger partial charge on any atom is 0.342 e. The molecular weight excluding hydrogens is 262 g/mol. The molecule has 108 valence electrons. The Labute approximate surface area is 116 Å². The summed E-state index contributed by atoms with van der Waals surface area (Å²) in [5.41, 5.74) is 0.552. The highest BCUT2D eigenvalue weighted by molar-refractivity contribution is 6.06. The van der Waals surface area contributed by atoms with E-state index in [2.05, 4.69) is 9.47 Å². The zero-order valence-electron chi connectivity index (χ0n) is 11.5. The van der Waals surface area contributed by atoms with Crippen molar-refractivity contribution < 1.29 is 24.2 Å². The fourth-order valence-corrected chi connectivity index (χ4v) is 2.36. The number of rotatable bonds is 3. The third kappa shape index (κ3) is 2.54. The molecule has 0 unspecified atom stereocenters. The van der Waals surface area contributed by atoms with Crippen molar-refractivity contribution in [2.24, 2.45) is 0 Å². The van der Waals surface area contributed by atoms with Gasteiger partial charge >= 0.3 is 11.9 Å². The molecule has 20 heavy (non-hydrogen) atoms. The third-order valence-corrected chi connectivity index (χ3v) is 3.37. The first-order valence-corrected chi connectivity index (χ1v) is 6.37. The van der Waals surface area contributed by atoms with E-state index in [1.165, 1.54) is 20.3 Å². The SMILES string of the molecule is COC(=O)c1cc(N2CCCC2)cc(O)c1C(=O)OC. The summed E-state index contributed by atoms with van der Waals surface area (Å²) in [7, 11) is 2.42. The minimum Gasteiger partial charge on any atom is -0.507 e. The Morgan fingerprint density at radius 1 is 1.10 bits per heavy atom. The molecule has 0 spiro atoms. The number of hydrogen-bond acceptors (Lipinski definition) is 6. The molecule has 6 nitrogen and oxygen atoms in total. The number of carbonyl (C=O) groups is 2. The molecule has 6 heteroatoms. The van der Waals surface area contributed by atoms with E-state index in [1.807, 2.05) is 4.90 Å². The second-order valence-electron chi connectivity index (χ2n) is 4.56. The zero-order chi connectivity index (χ0) is 14.7. The molecule has 0 radical (unpaired) electrons. The van der Waals surface area contributed by atoms with E-state index >= 15 is 0 Å². The minimum atomic E-state index is -0.768. The van der Waals surface area contributed by atoms with Crippen LogP contribution in [0.2, 0.25) is 0 Å². The molecule has 2 rings (SSSR count). The van der Waals surface area contributed by atoms with Crippen LogP contribution in [-0.4, -0.2) is 44.4 Å². The van der Waals surface area contributed by atoms with Crippen LogP contribution in [0.3, 0.4) is 0 Å². The van der Waals surface area contributed by atoms with Crippen LogP contribution in [0.15, 0.2) is 12.1 Å². The van der Waals surface area contributed by atoms with Crippen molar-refractivity contribution in [2.45, 2.75) is 12.8 Å². The molecule has 0 aromatic heterocycles. The third-order valence-electron chi connectivity index (χ3n) is 3.37. The van der Waals surface area contributed by atoms with Gasteiger partial charge in [0, 0.05) is 24.8 Å². The Bertz CT molecular complexity index is 535. The minimum absolute atomic E-state index is 0.0150. The first-order valence-electron chi connectivity index (χ1n) is 6.37. The van der Waals surface area contributed by atoms with Crippen molar-refractivity contribution in [3.63, 3.8) is 0 Å². The van der Waals surface area contributed by atoms with Crippen LogP contribution in [0, 0.1) is 0 Å². The van der Waals surface area contributed by atoms with Crippen LogP contribution in [-0.2, 0) is 9.47 Å². The lowest BCUT2D eigenvalue weighted by Gasteiger charge is -2.20. The van der Waals surface area contributed by atoms with Crippen LogP contribution in [0.1, 0.15) is 33.6 Å². The van der Waals surface area contributed by atoms with Gasteiger partial charge in [0.05, 0.1) is 19.8 Å². The summed E-state index contributed by atoms with van der Waals surface area (Å²) in [5.74, 6) is -1.72. The molecule has 1 N–H and O–H groups in total. The van der Waals surface area contributed by atoms with Gasteiger partial charge in [0.25, 0.3) is 0 Å². The van der Waals surface area contributed by atoms with E-state index in [0.29, 0.717) is 5.69 Å². The summed E-state index contributed by atoms with van der Waals surface area (Å²) in [4.78, 5) is 25.6. The van der Waals surface area contributed by atoms with Gasteiger partial charge in [0.15, 0.2) is 0 Å². The molecule has 1 heterocycles. The van der Waals surface area contributed by atoms with Crippen molar-refractivity contribution in [3.8, 4) is 5.75 Å². The molecule has 1 fully saturated rings. The summed E-state index contributed by atoms with van der Waals surface area (Å²) in [6, 6.07) is 3.03.